The van der Waals surface area contributed by atoms with Gasteiger partial charge in [-0.25, -0.2) is 4.79 Å². The average molecular weight is 538 g/mol. The summed E-state index contributed by atoms with van der Waals surface area (Å²) in [6.45, 7) is 5.84. The summed E-state index contributed by atoms with van der Waals surface area (Å²) in [6.07, 6.45) is 2.38. The van der Waals surface area contributed by atoms with Crippen LogP contribution in [-0.4, -0.2) is 62.9 Å². The molecule has 2 aliphatic rings. The molecule has 1 N–H and O–H groups in total. The summed E-state index contributed by atoms with van der Waals surface area (Å²) < 4.78 is 1.82. The number of carbonyl (C=O) groups is 2. The van der Waals surface area contributed by atoms with Crippen molar-refractivity contribution < 1.29 is 9.59 Å². The predicted octanol–water partition coefficient (Wildman–Crippen LogP) is 4.26. The fraction of sp³-hybridized carbons (Fsp3) is 0.344. The van der Waals surface area contributed by atoms with Gasteiger partial charge in [-0.3, -0.25) is 14.2 Å². The topological polar surface area (TPSA) is 81.7 Å². The molecule has 6 rings (SSSR count). The van der Waals surface area contributed by atoms with Crippen LogP contribution < -0.4 is 10.6 Å². The van der Waals surface area contributed by atoms with E-state index in [2.05, 4.69) is 26.9 Å². The Hall–Kier alpha value is -4.17. The maximum atomic E-state index is 14.1. The van der Waals surface area contributed by atoms with E-state index in [1.54, 1.807) is 6.92 Å². The third kappa shape index (κ3) is 4.84. The lowest BCUT2D eigenvalue weighted by molar-refractivity contribution is -0.134. The van der Waals surface area contributed by atoms with Crippen LogP contribution in [0.3, 0.4) is 0 Å². The maximum Gasteiger partial charge on any atom is 0.326 e. The number of para-hydroxylation sites is 3. The maximum absolute atomic E-state index is 14.1. The van der Waals surface area contributed by atoms with Crippen LogP contribution in [0.1, 0.15) is 42.1 Å². The van der Waals surface area contributed by atoms with E-state index in [1.807, 2.05) is 76.2 Å². The smallest absolute Gasteiger partial charge is 0.326 e. The number of carbonyl (C=O) groups excluding carboxylic acids is 2. The van der Waals surface area contributed by atoms with Crippen LogP contribution in [0.2, 0.25) is 0 Å². The van der Waals surface area contributed by atoms with Crippen molar-refractivity contribution in [2.45, 2.75) is 44.8 Å². The normalized spacial score (nSPS) is 17.3. The highest BCUT2D eigenvalue weighted by Crippen LogP contribution is 2.40. The van der Waals surface area contributed by atoms with Crippen LogP contribution in [0, 0.1) is 0 Å². The summed E-state index contributed by atoms with van der Waals surface area (Å²) in [5.74, 6) is 0.218. The van der Waals surface area contributed by atoms with Crippen LogP contribution in [0.4, 0.5) is 5.69 Å². The minimum absolute atomic E-state index is 0.0401. The number of likely N-dealkylation sites (tertiary alicyclic amines) is 1. The number of H-pyrrole nitrogens is 1. The molecule has 0 radical (unpaired) electrons. The number of nitrogens with one attached hydrogen (secondary N) is 1. The first kappa shape index (κ1) is 26.1. The number of imidazole rings is 1. The minimum atomic E-state index is -0.565. The van der Waals surface area contributed by atoms with Crippen molar-refractivity contribution in [2.75, 3.05) is 31.2 Å². The van der Waals surface area contributed by atoms with Gasteiger partial charge in [0.25, 0.3) is 0 Å². The first-order valence-electron chi connectivity index (χ1n) is 14.1. The Morgan fingerprint density at radius 3 is 2.30 bits per heavy atom. The Bertz CT molecular complexity index is 1570. The first-order valence-corrected chi connectivity index (χ1v) is 14.1. The molecule has 3 aromatic carbocycles. The number of aromatic amines is 1. The molecule has 0 bridgehead atoms. The SMILES string of the molecule is CC(=O)c1ccc(CN2CN(c3ccccc3)C3(CCN(CCCn4c(=O)[nH]c5ccccc54)CC3)C2=O)cc1. The summed E-state index contributed by atoms with van der Waals surface area (Å²) >= 11 is 0. The van der Waals surface area contributed by atoms with E-state index >= 15 is 0 Å². The number of hydrogen-bond acceptors (Lipinski definition) is 5. The van der Waals surface area contributed by atoms with Crippen molar-refractivity contribution in [3.63, 3.8) is 0 Å². The van der Waals surface area contributed by atoms with E-state index < -0.39 is 5.54 Å². The van der Waals surface area contributed by atoms with Gasteiger partial charge < -0.3 is 19.7 Å². The molecule has 1 amide bonds. The van der Waals surface area contributed by atoms with Crippen molar-refractivity contribution in [3.8, 4) is 0 Å². The molecule has 8 nitrogen and oxygen atoms in total. The van der Waals surface area contributed by atoms with Gasteiger partial charge in [-0.05, 0) is 62.6 Å². The van der Waals surface area contributed by atoms with E-state index in [4.69, 9.17) is 0 Å². The van der Waals surface area contributed by atoms with Crippen molar-refractivity contribution in [1.29, 1.82) is 0 Å². The number of amides is 1. The van der Waals surface area contributed by atoms with Crippen molar-refractivity contribution in [2.24, 2.45) is 0 Å². The van der Waals surface area contributed by atoms with E-state index in [-0.39, 0.29) is 17.4 Å². The van der Waals surface area contributed by atoms with Crippen molar-refractivity contribution in [1.82, 2.24) is 19.4 Å². The quantitative estimate of drug-likeness (QED) is 0.340. The lowest BCUT2D eigenvalue weighted by Gasteiger charge is -2.43. The monoisotopic (exact) mass is 537 g/mol. The molecular formula is C32H35N5O3. The zero-order valence-electron chi connectivity index (χ0n) is 22.9. The largest absolute Gasteiger partial charge is 0.339 e. The van der Waals surface area contributed by atoms with Crippen molar-refractivity contribution in [3.05, 3.63) is 100 Å². The second kappa shape index (κ2) is 10.8. The number of hydrogen-bond donors (Lipinski definition) is 1. The fourth-order valence-electron chi connectivity index (χ4n) is 6.32. The van der Waals surface area contributed by atoms with E-state index in [0.717, 1.165) is 61.2 Å². The Balaban J connectivity index is 1.14. The summed E-state index contributed by atoms with van der Waals surface area (Å²) in [6, 6.07) is 25.6. The number of fused-ring (bicyclic) bond motifs is 1. The first-order chi connectivity index (χ1) is 19.4. The van der Waals surface area contributed by atoms with Crippen LogP contribution in [0.15, 0.2) is 83.7 Å². The molecule has 0 saturated carbocycles. The Kier molecular flexibility index (Phi) is 7.02. The summed E-state index contributed by atoms with van der Waals surface area (Å²) in [5, 5.41) is 0. The Morgan fingerprint density at radius 1 is 0.875 bits per heavy atom. The number of Topliss-reactive ketones (excluding diaryl/α,β-unsaturated/α-hetero) is 1. The zero-order valence-corrected chi connectivity index (χ0v) is 22.9. The Morgan fingerprint density at radius 2 is 1.57 bits per heavy atom. The van der Waals surface area contributed by atoms with Gasteiger partial charge in [0.1, 0.15) is 5.54 Å². The van der Waals surface area contributed by atoms with Gasteiger partial charge in [0, 0.05) is 37.4 Å². The second-order valence-corrected chi connectivity index (χ2v) is 11.0. The molecule has 1 aromatic heterocycles. The summed E-state index contributed by atoms with van der Waals surface area (Å²) in [4.78, 5) is 47.8. The van der Waals surface area contributed by atoms with Crippen molar-refractivity contribution >= 4 is 28.4 Å². The van der Waals surface area contributed by atoms with Gasteiger partial charge in [-0.15, -0.1) is 0 Å². The molecule has 40 heavy (non-hydrogen) atoms. The fourth-order valence-corrected chi connectivity index (χ4v) is 6.32. The van der Waals surface area contributed by atoms with E-state index in [1.165, 1.54) is 0 Å². The number of aromatic nitrogens is 2. The highest BCUT2D eigenvalue weighted by atomic mass is 16.2. The lowest BCUT2D eigenvalue weighted by Crippen LogP contribution is -2.56. The van der Waals surface area contributed by atoms with E-state index in [0.29, 0.717) is 25.3 Å². The highest BCUT2D eigenvalue weighted by Gasteiger charge is 2.53. The van der Waals surface area contributed by atoms with Crippen LogP contribution in [0.25, 0.3) is 11.0 Å². The standard InChI is InChI=1S/C32H35N5O3/c1-24(38)26-14-12-25(13-15-26)22-35-23-37(27-8-3-2-4-9-27)32(30(35)39)16-20-34(21-17-32)18-7-19-36-29-11-6-5-10-28(29)33-31(36)40/h2-6,8-15H,7,16-23H2,1H3,(H,33,40). The average Bonchev–Trinajstić information content (AvgIpc) is 3.43. The van der Waals surface area contributed by atoms with Crippen LogP contribution >= 0.6 is 0 Å². The number of benzene rings is 3. The van der Waals surface area contributed by atoms with Gasteiger partial charge in [-0.1, -0.05) is 54.6 Å². The molecule has 206 valence electrons. The highest BCUT2D eigenvalue weighted by molar-refractivity contribution is 5.94. The number of rotatable bonds is 8. The van der Waals surface area contributed by atoms with Gasteiger partial charge in [0.05, 0.1) is 17.7 Å². The molecule has 2 saturated heterocycles. The molecule has 8 heteroatoms. The molecule has 2 aliphatic heterocycles. The molecule has 0 unspecified atom stereocenters. The van der Waals surface area contributed by atoms with E-state index in [9.17, 15) is 14.4 Å². The number of aryl methyl sites for hydroxylation is 1. The minimum Gasteiger partial charge on any atom is -0.339 e. The summed E-state index contributed by atoms with van der Waals surface area (Å²) in [7, 11) is 0. The molecule has 0 atom stereocenters. The third-order valence-electron chi connectivity index (χ3n) is 8.54. The molecule has 3 heterocycles. The van der Waals surface area contributed by atoms with Crippen LogP contribution in [0.5, 0.6) is 0 Å². The third-order valence-corrected chi connectivity index (χ3v) is 8.54. The molecule has 0 aliphatic carbocycles. The van der Waals surface area contributed by atoms with Gasteiger partial charge in [0.15, 0.2) is 5.78 Å². The molecule has 2 fully saturated rings. The number of nitrogens with zero attached hydrogens (tertiary/aromatic N) is 4. The summed E-state index contributed by atoms with van der Waals surface area (Å²) in [5.41, 5.74) is 3.95. The molecular weight excluding hydrogens is 502 g/mol. The second-order valence-electron chi connectivity index (χ2n) is 11.0. The lowest BCUT2D eigenvalue weighted by atomic mass is 9.85. The van der Waals surface area contributed by atoms with Crippen LogP contribution in [-0.2, 0) is 17.9 Å². The molecule has 4 aromatic rings. The number of piperidine rings is 1. The Labute approximate surface area is 233 Å². The van der Waals surface area contributed by atoms with Gasteiger partial charge in [-0.2, -0.15) is 0 Å². The van der Waals surface area contributed by atoms with Gasteiger partial charge >= 0.3 is 5.69 Å². The predicted molar refractivity (Wildman–Crippen MR) is 156 cm³/mol. The zero-order chi connectivity index (χ0) is 27.7. The molecule has 1 spiro atoms. The van der Waals surface area contributed by atoms with Gasteiger partial charge in [0.2, 0.25) is 5.91 Å². The number of anilines is 1. The number of ketones is 1.